The summed E-state index contributed by atoms with van der Waals surface area (Å²) < 4.78 is 4.87. The number of nitrogens with one attached hydrogen (secondary N) is 1. The molecule has 36 heavy (non-hydrogen) atoms. The summed E-state index contributed by atoms with van der Waals surface area (Å²) >= 11 is 0. The highest BCUT2D eigenvalue weighted by Gasteiger charge is 2.37. The molecule has 9 nitrogen and oxygen atoms in total. The summed E-state index contributed by atoms with van der Waals surface area (Å²) in [6.45, 7) is 10.9. The molecule has 0 aromatic carbocycles. The lowest BCUT2D eigenvalue weighted by molar-refractivity contribution is -0.149. The Hall–Kier alpha value is -2.42. The number of hydrogen-bond donors (Lipinski definition) is 1. The number of likely N-dealkylation sites (tertiary alicyclic amines) is 2. The molecule has 2 heterocycles. The minimum Gasteiger partial charge on any atom is -0.467 e. The fourth-order valence-corrected chi connectivity index (χ4v) is 5.23. The number of carbonyl (C=O) groups is 4. The van der Waals surface area contributed by atoms with Crippen LogP contribution in [0.2, 0.25) is 0 Å². The van der Waals surface area contributed by atoms with Crippen molar-refractivity contribution in [2.45, 2.75) is 90.9 Å². The second-order valence-electron chi connectivity index (χ2n) is 10.9. The third-order valence-electron chi connectivity index (χ3n) is 7.53. The van der Waals surface area contributed by atoms with Crippen LogP contribution >= 0.6 is 0 Å². The largest absolute Gasteiger partial charge is 0.467 e. The smallest absolute Gasteiger partial charge is 0.328 e. The van der Waals surface area contributed by atoms with Crippen LogP contribution in [0.4, 0.5) is 0 Å². The molecular formula is C27H46N4O5. The summed E-state index contributed by atoms with van der Waals surface area (Å²) in [6.07, 6.45) is 6.02. The molecule has 2 rings (SSSR count). The predicted molar refractivity (Wildman–Crippen MR) is 139 cm³/mol. The van der Waals surface area contributed by atoms with E-state index in [1.54, 1.807) is 23.8 Å². The topological polar surface area (TPSA) is 99.3 Å². The number of piperidine rings is 1. The van der Waals surface area contributed by atoms with E-state index in [9.17, 15) is 19.2 Å². The van der Waals surface area contributed by atoms with Crippen molar-refractivity contribution in [1.82, 2.24) is 20.0 Å². The van der Waals surface area contributed by atoms with Crippen molar-refractivity contribution in [2.24, 2.45) is 11.8 Å². The number of hydrogen-bond acceptors (Lipinski definition) is 6. The molecule has 0 aromatic heterocycles. The monoisotopic (exact) mass is 506 g/mol. The highest BCUT2D eigenvalue weighted by Crippen LogP contribution is 2.23. The normalized spacial score (nSPS) is 22.9. The summed E-state index contributed by atoms with van der Waals surface area (Å²) in [7, 11) is 5.01. The first kappa shape index (κ1) is 29.8. The Bertz CT molecular complexity index is 840. The van der Waals surface area contributed by atoms with E-state index in [0.717, 1.165) is 32.2 Å². The Labute approximate surface area is 216 Å². The molecule has 0 bridgehead atoms. The zero-order valence-corrected chi connectivity index (χ0v) is 23.4. The minimum absolute atomic E-state index is 0.0321. The van der Waals surface area contributed by atoms with Gasteiger partial charge in [-0.15, -0.1) is 0 Å². The van der Waals surface area contributed by atoms with Gasteiger partial charge in [-0.2, -0.15) is 0 Å². The molecule has 0 saturated carbocycles. The summed E-state index contributed by atoms with van der Waals surface area (Å²) in [6, 6.07) is -1.80. The maximum Gasteiger partial charge on any atom is 0.328 e. The number of carbonyl (C=O) groups excluding carboxylic acids is 4. The molecule has 2 fully saturated rings. The average Bonchev–Trinajstić information content (AvgIpc) is 3.33. The van der Waals surface area contributed by atoms with Gasteiger partial charge in [0.05, 0.1) is 19.2 Å². The molecule has 1 N–H and O–H groups in total. The molecule has 9 heteroatoms. The highest BCUT2D eigenvalue weighted by molar-refractivity contribution is 5.96. The lowest BCUT2D eigenvalue weighted by Crippen LogP contribution is -2.57. The first-order valence-corrected chi connectivity index (χ1v) is 13.2. The highest BCUT2D eigenvalue weighted by atomic mass is 16.5. The first-order valence-electron chi connectivity index (χ1n) is 13.2. The molecular weight excluding hydrogens is 460 g/mol. The number of ether oxygens (including phenoxy) is 1. The van der Waals surface area contributed by atoms with Crippen molar-refractivity contribution in [3.8, 4) is 0 Å². The number of nitrogens with zero attached hydrogens (tertiary/aromatic N) is 3. The molecule has 4 atom stereocenters. The lowest BCUT2D eigenvalue weighted by atomic mass is 9.96. The van der Waals surface area contributed by atoms with E-state index in [1.165, 1.54) is 7.11 Å². The number of esters is 1. The average molecular weight is 507 g/mol. The summed E-state index contributed by atoms with van der Waals surface area (Å²) in [4.78, 5) is 57.3. The molecule has 0 unspecified atom stereocenters. The second kappa shape index (κ2) is 13.2. The Morgan fingerprint density at radius 1 is 0.972 bits per heavy atom. The molecule has 2 aliphatic rings. The van der Waals surface area contributed by atoms with E-state index in [2.05, 4.69) is 10.2 Å². The Kier molecular flexibility index (Phi) is 10.9. The Balaban J connectivity index is 2.19. The second-order valence-corrected chi connectivity index (χ2v) is 10.9. The summed E-state index contributed by atoms with van der Waals surface area (Å²) in [5.74, 6) is -0.972. The van der Waals surface area contributed by atoms with Crippen LogP contribution in [0.25, 0.3) is 0 Å². The third-order valence-corrected chi connectivity index (χ3v) is 7.53. The number of rotatable bonds is 9. The van der Waals surface area contributed by atoms with Crippen LogP contribution in [0, 0.1) is 11.8 Å². The molecule has 3 amide bonds. The van der Waals surface area contributed by atoms with Crippen LogP contribution < -0.4 is 5.32 Å². The van der Waals surface area contributed by atoms with Gasteiger partial charge in [-0.1, -0.05) is 40.2 Å². The van der Waals surface area contributed by atoms with Gasteiger partial charge >= 0.3 is 5.97 Å². The fourth-order valence-electron chi connectivity index (χ4n) is 5.23. The van der Waals surface area contributed by atoms with Crippen molar-refractivity contribution in [3.05, 3.63) is 11.6 Å². The number of amides is 3. The van der Waals surface area contributed by atoms with Crippen LogP contribution in [0.5, 0.6) is 0 Å². The number of likely N-dealkylation sites (N-methyl/N-ethyl adjacent to an activating group) is 2. The van der Waals surface area contributed by atoms with Crippen molar-refractivity contribution in [3.63, 3.8) is 0 Å². The van der Waals surface area contributed by atoms with Gasteiger partial charge in [0.1, 0.15) is 12.1 Å². The zero-order chi connectivity index (χ0) is 27.2. The molecule has 0 radical (unpaired) electrons. The van der Waals surface area contributed by atoms with Gasteiger partial charge in [-0.05, 0) is 58.0 Å². The molecule has 2 saturated heterocycles. The van der Waals surface area contributed by atoms with Crippen LogP contribution in [0.3, 0.4) is 0 Å². The zero-order valence-electron chi connectivity index (χ0n) is 23.4. The SMILES string of the molecule is COC(=O)[C@@H]1CCCN1C(=O)/C(C)=C/[C@H](C(C)C)N(C)C(=O)[C@@H](NC(=O)[C@H]1CCCCN1C)C(C)C. The lowest BCUT2D eigenvalue weighted by Gasteiger charge is -2.36. The van der Waals surface area contributed by atoms with Crippen molar-refractivity contribution in [2.75, 3.05) is 34.3 Å². The molecule has 2 aliphatic heterocycles. The Morgan fingerprint density at radius 2 is 1.61 bits per heavy atom. The van der Waals surface area contributed by atoms with Crippen LogP contribution in [0.15, 0.2) is 11.6 Å². The number of methoxy groups -OCH3 is 1. The Morgan fingerprint density at radius 3 is 2.17 bits per heavy atom. The van der Waals surface area contributed by atoms with Crippen molar-refractivity contribution >= 4 is 23.7 Å². The molecule has 0 aromatic rings. The van der Waals surface area contributed by atoms with Crippen molar-refractivity contribution in [1.29, 1.82) is 0 Å². The van der Waals surface area contributed by atoms with Gasteiger partial charge < -0.3 is 19.9 Å². The molecule has 0 aliphatic carbocycles. The van der Waals surface area contributed by atoms with E-state index in [4.69, 9.17) is 4.74 Å². The van der Waals surface area contributed by atoms with E-state index in [0.29, 0.717) is 18.5 Å². The fraction of sp³-hybridized carbons (Fsp3) is 0.778. The van der Waals surface area contributed by atoms with Gasteiger partial charge in [0, 0.05) is 19.2 Å². The van der Waals surface area contributed by atoms with E-state index in [1.807, 2.05) is 40.8 Å². The minimum atomic E-state index is -0.661. The first-order chi connectivity index (χ1) is 16.9. The van der Waals surface area contributed by atoms with Gasteiger partial charge in [-0.25, -0.2) is 4.79 Å². The predicted octanol–water partition coefficient (Wildman–Crippen LogP) is 2.20. The quantitative estimate of drug-likeness (QED) is 0.380. The van der Waals surface area contributed by atoms with Gasteiger partial charge in [0.2, 0.25) is 17.7 Å². The van der Waals surface area contributed by atoms with Gasteiger partial charge in [0.25, 0.3) is 0 Å². The van der Waals surface area contributed by atoms with Crippen LogP contribution in [-0.2, 0) is 23.9 Å². The van der Waals surface area contributed by atoms with Crippen molar-refractivity contribution < 1.29 is 23.9 Å². The van der Waals surface area contributed by atoms with E-state index < -0.39 is 18.1 Å². The maximum absolute atomic E-state index is 13.6. The molecule has 204 valence electrons. The maximum atomic E-state index is 13.6. The standard InChI is InChI=1S/C27H46N4O5/c1-17(2)22(16-19(5)25(33)31-15-11-13-21(31)27(35)36-8)30(7)26(34)23(18(3)4)28-24(32)20-12-9-10-14-29(20)6/h16-18,20-23H,9-15H2,1-8H3,(H,28,32)/b19-16+/t20-,21+,22-,23+/m1/s1. The van der Waals surface area contributed by atoms with Crippen LogP contribution in [0.1, 0.15) is 66.7 Å². The summed E-state index contributed by atoms with van der Waals surface area (Å²) in [5, 5.41) is 3.02. The van der Waals surface area contributed by atoms with Crippen LogP contribution in [-0.4, -0.2) is 96.9 Å². The van der Waals surface area contributed by atoms with Gasteiger partial charge in [0.15, 0.2) is 0 Å². The van der Waals surface area contributed by atoms with E-state index >= 15 is 0 Å². The third kappa shape index (κ3) is 7.08. The summed E-state index contributed by atoms with van der Waals surface area (Å²) in [5.41, 5.74) is 0.484. The van der Waals surface area contributed by atoms with E-state index in [-0.39, 0.29) is 41.6 Å². The van der Waals surface area contributed by atoms with Gasteiger partial charge in [-0.3, -0.25) is 19.3 Å². The molecule has 0 spiro atoms.